The number of aryl methyl sites for hydroxylation is 2. The van der Waals surface area contributed by atoms with Crippen LogP contribution in [0.4, 0.5) is 0 Å². The number of furan rings is 1. The molecule has 2 aromatic rings. The van der Waals surface area contributed by atoms with Gasteiger partial charge in [0.25, 0.3) is 5.91 Å². The molecule has 1 amide bonds. The van der Waals surface area contributed by atoms with Crippen LogP contribution in [0, 0.1) is 6.92 Å². The lowest BCUT2D eigenvalue weighted by Gasteiger charge is -2.26. The molecule has 6 heteroatoms. The van der Waals surface area contributed by atoms with Gasteiger partial charge in [0.15, 0.2) is 0 Å². The molecule has 1 unspecified atom stereocenters. The summed E-state index contributed by atoms with van der Waals surface area (Å²) in [5, 5.41) is 3.04. The van der Waals surface area contributed by atoms with Crippen molar-refractivity contribution in [1.29, 1.82) is 0 Å². The van der Waals surface area contributed by atoms with Gasteiger partial charge in [-0.2, -0.15) is 0 Å². The number of likely N-dealkylation sites (tertiary alicyclic amines) is 1. The third-order valence-corrected chi connectivity index (χ3v) is 4.50. The predicted octanol–water partition coefficient (Wildman–Crippen LogP) is 2.51. The van der Waals surface area contributed by atoms with Crippen molar-refractivity contribution in [3.8, 4) is 0 Å². The van der Waals surface area contributed by atoms with Gasteiger partial charge in [-0.1, -0.05) is 6.92 Å². The van der Waals surface area contributed by atoms with Gasteiger partial charge >= 0.3 is 0 Å². The molecule has 0 spiro atoms. The van der Waals surface area contributed by atoms with E-state index in [1.54, 1.807) is 6.20 Å². The number of hydrogen-bond acceptors (Lipinski definition) is 5. The number of rotatable bonds is 6. The standard InChI is InChI=1S/C18H24N4O2/c1-3-15-14(10-19-12-21-15)18(23)20-11-16(22-8-4-5-9-22)17-7-6-13(2)24-17/h6-7,10,12,16H,3-5,8-9,11H2,1-2H3,(H,20,23). The van der Waals surface area contributed by atoms with Crippen LogP contribution in [0.2, 0.25) is 0 Å². The molecule has 0 aliphatic carbocycles. The first kappa shape index (κ1) is 16.6. The highest BCUT2D eigenvalue weighted by Gasteiger charge is 2.26. The summed E-state index contributed by atoms with van der Waals surface area (Å²) in [5.74, 6) is 1.68. The average Bonchev–Trinajstić information content (AvgIpc) is 3.27. The first-order valence-corrected chi connectivity index (χ1v) is 8.56. The second kappa shape index (κ2) is 7.57. The van der Waals surface area contributed by atoms with Gasteiger partial charge in [0.2, 0.25) is 0 Å². The quantitative estimate of drug-likeness (QED) is 0.882. The van der Waals surface area contributed by atoms with Crippen LogP contribution in [0.3, 0.4) is 0 Å². The number of hydrogen-bond donors (Lipinski definition) is 1. The fourth-order valence-electron chi connectivity index (χ4n) is 3.21. The minimum atomic E-state index is -0.125. The molecule has 1 aliphatic rings. The molecule has 0 radical (unpaired) electrons. The van der Waals surface area contributed by atoms with Gasteiger partial charge in [-0.3, -0.25) is 9.69 Å². The van der Waals surface area contributed by atoms with E-state index < -0.39 is 0 Å². The lowest BCUT2D eigenvalue weighted by Crippen LogP contribution is -2.37. The van der Waals surface area contributed by atoms with Crippen LogP contribution in [0.25, 0.3) is 0 Å². The minimum absolute atomic E-state index is 0.0693. The Morgan fingerprint density at radius 1 is 1.38 bits per heavy atom. The molecule has 3 heterocycles. The largest absolute Gasteiger partial charge is 0.465 e. The molecule has 0 bridgehead atoms. The van der Waals surface area contributed by atoms with Crippen molar-refractivity contribution >= 4 is 5.91 Å². The fourth-order valence-corrected chi connectivity index (χ4v) is 3.21. The minimum Gasteiger partial charge on any atom is -0.465 e. The summed E-state index contributed by atoms with van der Waals surface area (Å²) >= 11 is 0. The number of nitrogens with one attached hydrogen (secondary N) is 1. The van der Waals surface area contributed by atoms with E-state index in [0.717, 1.165) is 30.3 Å². The highest BCUT2D eigenvalue weighted by Crippen LogP contribution is 2.26. The summed E-state index contributed by atoms with van der Waals surface area (Å²) in [6.45, 7) is 6.52. The van der Waals surface area contributed by atoms with E-state index in [4.69, 9.17) is 4.42 Å². The maximum atomic E-state index is 12.5. The van der Waals surface area contributed by atoms with Gasteiger partial charge in [-0.05, 0) is 51.4 Å². The Morgan fingerprint density at radius 2 is 2.17 bits per heavy atom. The van der Waals surface area contributed by atoms with Crippen LogP contribution < -0.4 is 5.32 Å². The lowest BCUT2D eigenvalue weighted by molar-refractivity contribution is 0.0932. The van der Waals surface area contributed by atoms with Gasteiger partial charge in [-0.25, -0.2) is 9.97 Å². The molecular formula is C18H24N4O2. The first-order valence-electron chi connectivity index (χ1n) is 8.56. The summed E-state index contributed by atoms with van der Waals surface area (Å²) in [6, 6.07) is 4.05. The molecule has 128 valence electrons. The third-order valence-electron chi connectivity index (χ3n) is 4.50. The Morgan fingerprint density at radius 3 is 2.83 bits per heavy atom. The van der Waals surface area contributed by atoms with E-state index in [9.17, 15) is 4.79 Å². The van der Waals surface area contributed by atoms with E-state index in [1.807, 2.05) is 26.0 Å². The Kier molecular flexibility index (Phi) is 5.25. The van der Waals surface area contributed by atoms with Crippen LogP contribution in [-0.2, 0) is 6.42 Å². The van der Waals surface area contributed by atoms with E-state index in [0.29, 0.717) is 18.5 Å². The maximum absolute atomic E-state index is 12.5. The molecule has 1 N–H and O–H groups in total. The third kappa shape index (κ3) is 3.64. The maximum Gasteiger partial charge on any atom is 0.254 e. The Balaban J connectivity index is 1.72. The van der Waals surface area contributed by atoms with Crippen LogP contribution >= 0.6 is 0 Å². The highest BCUT2D eigenvalue weighted by molar-refractivity contribution is 5.94. The van der Waals surface area contributed by atoms with Crippen molar-refractivity contribution in [3.63, 3.8) is 0 Å². The second-order valence-electron chi connectivity index (χ2n) is 6.15. The van der Waals surface area contributed by atoms with Crippen molar-refractivity contribution in [2.75, 3.05) is 19.6 Å². The molecule has 6 nitrogen and oxygen atoms in total. The molecule has 3 rings (SSSR count). The topological polar surface area (TPSA) is 71.3 Å². The van der Waals surface area contributed by atoms with Gasteiger partial charge in [0.05, 0.1) is 17.3 Å². The lowest BCUT2D eigenvalue weighted by atomic mass is 10.1. The number of amides is 1. The van der Waals surface area contributed by atoms with Crippen molar-refractivity contribution in [1.82, 2.24) is 20.2 Å². The molecule has 1 saturated heterocycles. The monoisotopic (exact) mass is 328 g/mol. The number of carbonyl (C=O) groups excluding carboxylic acids is 1. The molecule has 1 fully saturated rings. The van der Waals surface area contributed by atoms with E-state index >= 15 is 0 Å². The Hall–Kier alpha value is -2.21. The smallest absolute Gasteiger partial charge is 0.254 e. The molecule has 2 aromatic heterocycles. The number of nitrogens with zero attached hydrogens (tertiary/aromatic N) is 3. The number of aromatic nitrogens is 2. The van der Waals surface area contributed by atoms with Gasteiger partial charge in [0.1, 0.15) is 17.8 Å². The zero-order valence-electron chi connectivity index (χ0n) is 14.3. The van der Waals surface area contributed by atoms with Crippen molar-refractivity contribution in [2.45, 2.75) is 39.2 Å². The molecule has 1 aliphatic heterocycles. The Labute approximate surface area is 142 Å². The number of carbonyl (C=O) groups is 1. The highest BCUT2D eigenvalue weighted by atomic mass is 16.3. The van der Waals surface area contributed by atoms with Gasteiger partial charge in [0, 0.05) is 12.7 Å². The summed E-state index contributed by atoms with van der Waals surface area (Å²) < 4.78 is 5.82. The van der Waals surface area contributed by atoms with E-state index in [-0.39, 0.29) is 11.9 Å². The fraction of sp³-hybridized carbons (Fsp3) is 0.500. The summed E-state index contributed by atoms with van der Waals surface area (Å²) in [7, 11) is 0. The van der Waals surface area contributed by atoms with Crippen molar-refractivity contribution < 1.29 is 9.21 Å². The summed E-state index contributed by atoms with van der Waals surface area (Å²) in [4.78, 5) is 23.1. The zero-order chi connectivity index (χ0) is 16.9. The zero-order valence-corrected chi connectivity index (χ0v) is 14.3. The first-order chi connectivity index (χ1) is 11.7. The van der Waals surface area contributed by atoms with Crippen LogP contribution in [0.15, 0.2) is 29.1 Å². The normalized spacial score (nSPS) is 16.2. The van der Waals surface area contributed by atoms with Crippen molar-refractivity contribution in [2.24, 2.45) is 0 Å². The molecule has 1 atom stereocenters. The second-order valence-corrected chi connectivity index (χ2v) is 6.15. The summed E-state index contributed by atoms with van der Waals surface area (Å²) in [5.41, 5.74) is 1.32. The molecular weight excluding hydrogens is 304 g/mol. The Bertz CT molecular complexity index is 692. The van der Waals surface area contributed by atoms with E-state index in [2.05, 4.69) is 20.2 Å². The molecule has 0 aromatic carbocycles. The average molecular weight is 328 g/mol. The molecule has 24 heavy (non-hydrogen) atoms. The van der Waals surface area contributed by atoms with Crippen LogP contribution in [0.1, 0.15) is 53.4 Å². The van der Waals surface area contributed by atoms with E-state index in [1.165, 1.54) is 19.2 Å². The molecule has 0 saturated carbocycles. The predicted molar refractivity (Wildman–Crippen MR) is 90.7 cm³/mol. The van der Waals surface area contributed by atoms with Gasteiger partial charge < -0.3 is 9.73 Å². The van der Waals surface area contributed by atoms with Gasteiger partial charge in [-0.15, -0.1) is 0 Å². The van der Waals surface area contributed by atoms with Crippen LogP contribution in [-0.4, -0.2) is 40.4 Å². The van der Waals surface area contributed by atoms with Crippen LogP contribution in [0.5, 0.6) is 0 Å². The SMILES string of the molecule is CCc1ncncc1C(=O)NCC(c1ccc(C)o1)N1CCCC1. The van der Waals surface area contributed by atoms with Crippen molar-refractivity contribution in [3.05, 3.63) is 47.4 Å². The summed E-state index contributed by atoms with van der Waals surface area (Å²) in [6.07, 6.45) is 6.16.